The number of anilines is 2. The van der Waals surface area contributed by atoms with Crippen molar-refractivity contribution < 1.29 is 14.3 Å². The number of hydrogen-bond donors (Lipinski definition) is 1. The van der Waals surface area contributed by atoms with Crippen molar-refractivity contribution in [2.45, 2.75) is 16.5 Å². The fraction of sp³-hybridized carbons (Fsp3) is 0.227. The number of amides is 2. The minimum atomic E-state index is -0.465. The molecule has 1 fully saturated rings. The molecule has 1 aromatic heterocycles. The lowest BCUT2D eigenvalue weighted by molar-refractivity contribution is -0.122. The van der Waals surface area contributed by atoms with Crippen LogP contribution in [0.25, 0.3) is 0 Å². The Labute approximate surface area is 193 Å². The summed E-state index contributed by atoms with van der Waals surface area (Å²) in [7, 11) is 1.57. The zero-order chi connectivity index (χ0) is 22.5. The van der Waals surface area contributed by atoms with Crippen molar-refractivity contribution in [3.8, 4) is 11.8 Å². The highest BCUT2D eigenvalue weighted by atomic mass is 32.2. The lowest BCUT2D eigenvalue weighted by Crippen LogP contribution is -2.28. The van der Waals surface area contributed by atoms with Crippen LogP contribution < -0.4 is 15.0 Å². The first-order valence-corrected chi connectivity index (χ1v) is 11.6. The molecule has 1 atom stereocenters. The van der Waals surface area contributed by atoms with Gasteiger partial charge in [-0.3, -0.25) is 9.59 Å². The number of carbonyl (C=O) groups excluding carboxylic acids is 2. The van der Waals surface area contributed by atoms with E-state index in [4.69, 9.17) is 10.00 Å². The number of methoxy groups -OCH3 is 1. The second kappa shape index (κ2) is 9.80. The Bertz CT molecular complexity index is 1170. The van der Waals surface area contributed by atoms with Crippen molar-refractivity contribution in [2.24, 2.45) is 5.92 Å². The standard InChI is InChI=1S/C22H19N5O3S2/c1-30-18-4-2-3-17(10-18)27-12-16(9-19(27)28)20(29)24-21-25-26-22(32-21)31-13-15-7-5-14(11-23)6-8-15/h2-8,10,16H,9,12-13H2,1H3,(H,24,25,29). The number of ether oxygens (including phenoxy) is 1. The number of benzene rings is 2. The summed E-state index contributed by atoms with van der Waals surface area (Å²) < 4.78 is 5.94. The molecule has 1 aliphatic heterocycles. The van der Waals surface area contributed by atoms with Crippen LogP contribution in [0.2, 0.25) is 0 Å². The molecule has 0 saturated carbocycles. The van der Waals surface area contributed by atoms with E-state index in [1.165, 1.54) is 23.1 Å². The average Bonchev–Trinajstić information content (AvgIpc) is 3.44. The molecule has 8 nitrogen and oxygen atoms in total. The smallest absolute Gasteiger partial charge is 0.231 e. The summed E-state index contributed by atoms with van der Waals surface area (Å²) in [5, 5.41) is 20.2. The number of thioether (sulfide) groups is 1. The molecule has 0 spiro atoms. The summed E-state index contributed by atoms with van der Waals surface area (Å²) in [5.41, 5.74) is 2.40. The molecule has 32 heavy (non-hydrogen) atoms. The minimum absolute atomic E-state index is 0.102. The summed E-state index contributed by atoms with van der Waals surface area (Å²) in [6.45, 7) is 0.303. The minimum Gasteiger partial charge on any atom is -0.497 e. The fourth-order valence-electron chi connectivity index (χ4n) is 3.26. The number of carbonyl (C=O) groups is 2. The van der Waals surface area contributed by atoms with E-state index in [0.29, 0.717) is 34.4 Å². The van der Waals surface area contributed by atoms with Crippen molar-refractivity contribution in [1.29, 1.82) is 5.26 Å². The second-order valence-corrected chi connectivity index (χ2v) is 9.27. The van der Waals surface area contributed by atoms with Gasteiger partial charge in [-0.15, -0.1) is 10.2 Å². The number of nitrogens with one attached hydrogen (secondary N) is 1. The average molecular weight is 466 g/mol. The van der Waals surface area contributed by atoms with Crippen LogP contribution in [0.3, 0.4) is 0 Å². The first kappa shape index (κ1) is 21.8. The van der Waals surface area contributed by atoms with E-state index < -0.39 is 5.92 Å². The molecule has 10 heteroatoms. The number of aromatic nitrogens is 2. The molecule has 1 saturated heterocycles. The molecule has 2 heterocycles. The molecule has 4 rings (SSSR count). The molecule has 0 radical (unpaired) electrons. The molecule has 1 unspecified atom stereocenters. The summed E-state index contributed by atoms with van der Waals surface area (Å²) in [4.78, 5) is 26.8. The first-order valence-electron chi connectivity index (χ1n) is 9.76. The number of nitrogens with zero attached hydrogens (tertiary/aromatic N) is 4. The van der Waals surface area contributed by atoms with E-state index in [9.17, 15) is 9.59 Å². The van der Waals surface area contributed by atoms with Crippen molar-refractivity contribution in [3.63, 3.8) is 0 Å². The van der Waals surface area contributed by atoms with Crippen LogP contribution in [0.15, 0.2) is 52.9 Å². The van der Waals surface area contributed by atoms with Crippen LogP contribution in [0.4, 0.5) is 10.8 Å². The van der Waals surface area contributed by atoms with Crippen LogP contribution >= 0.6 is 23.1 Å². The third-order valence-electron chi connectivity index (χ3n) is 4.94. The van der Waals surface area contributed by atoms with Crippen LogP contribution in [-0.4, -0.2) is 35.7 Å². The van der Waals surface area contributed by atoms with E-state index in [-0.39, 0.29) is 18.2 Å². The van der Waals surface area contributed by atoms with Gasteiger partial charge in [0.25, 0.3) is 0 Å². The highest BCUT2D eigenvalue weighted by Crippen LogP contribution is 2.31. The molecule has 2 amide bonds. The van der Waals surface area contributed by atoms with Crippen molar-refractivity contribution in [3.05, 3.63) is 59.7 Å². The Kier molecular flexibility index (Phi) is 6.68. The van der Waals surface area contributed by atoms with Gasteiger partial charge in [0, 0.05) is 30.5 Å². The highest BCUT2D eigenvalue weighted by molar-refractivity contribution is 8.00. The van der Waals surface area contributed by atoms with Crippen LogP contribution in [-0.2, 0) is 15.3 Å². The lowest BCUT2D eigenvalue weighted by Gasteiger charge is -2.17. The van der Waals surface area contributed by atoms with Crippen molar-refractivity contribution in [1.82, 2.24) is 10.2 Å². The van der Waals surface area contributed by atoms with Crippen LogP contribution in [0.1, 0.15) is 17.5 Å². The zero-order valence-corrected chi connectivity index (χ0v) is 18.8. The molecule has 3 aromatic rings. The Morgan fingerprint density at radius 3 is 2.88 bits per heavy atom. The molecule has 2 aromatic carbocycles. The summed E-state index contributed by atoms with van der Waals surface area (Å²) in [6.07, 6.45) is 0.141. The predicted octanol–water partition coefficient (Wildman–Crippen LogP) is 3.70. The van der Waals surface area contributed by atoms with E-state index in [2.05, 4.69) is 21.6 Å². The zero-order valence-electron chi connectivity index (χ0n) is 17.1. The van der Waals surface area contributed by atoms with Gasteiger partial charge in [-0.1, -0.05) is 41.3 Å². The Morgan fingerprint density at radius 1 is 1.31 bits per heavy atom. The monoisotopic (exact) mass is 465 g/mol. The molecule has 0 aliphatic carbocycles. The van der Waals surface area contributed by atoms with Gasteiger partial charge in [0.2, 0.25) is 16.9 Å². The second-order valence-electron chi connectivity index (χ2n) is 7.07. The molecule has 1 N–H and O–H groups in total. The van der Waals surface area contributed by atoms with Gasteiger partial charge in [-0.05, 0) is 29.8 Å². The van der Waals surface area contributed by atoms with Gasteiger partial charge in [0.05, 0.1) is 24.7 Å². The molecule has 162 valence electrons. The first-order chi connectivity index (χ1) is 15.6. The van der Waals surface area contributed by atoms with Gasteiger partial charge in [0.15, 0.2) is 4.34 Å². The van der Waals surface area contributed by atoms with Crippen LogP contribution in [0.5, 0.6) is 5.75 Å². The Hall–Kier alpha value is -3.42. The van der Waals surface area contributed by atoms with Crippen molar-refractivity contribution >= 4 is 45.7 Å². The fourth-order valence-corrected chi connectivity index (χ4v) is 4.97. The number of nitriles is 1. The maximum absolute atomic E-state index is 12.7. The van der Waals surface area contributed by atoms with Gasteiger partial charge >= 0.3 is 0 Å². The van der Waals surface area contributed by atoms with E-state index in [1.807, 2.05) is 24.3 Å². The Balaban J connectivity index is 1.32. The van der Waals surface area contributed by atoms with Gasteiger partial charge in [0.1, 0.15) is 5.75 Å². The topological polar surface area (TPSA) is 108 Å². The molecular formula is C22H19N5O3S2. The molecule has 0 bridgehead atoms. The van der Waals surface area contributed by atoms with Gasteiger partial charge in [-0.25, -0.2) is 0 Å². The van der Waals surface area contributed by atoms with Crippen molar-refractivity contribution in [2.75, 3.05) is 23.9 Å². The van der Waals surface area contributed by atoms with E-state index in [1.54, 1.807) is 36.3 Å². The SMILES string of the molecule is COc1cccc(N2CC(C(=O)Nc3nnc(SCc4ccc(C#N)cc4)s3)CC2=O)c1. The molecular weight excluding hydrogens is 446 g/mol. The van der Waals surface area contributed by atoms with Gasteiger partial charge in [-0.2, -0.15) is 5.26 Å². The Morgan fingerprint density at radius 2 is 2.12 bits per heavy atom. The quantitative estimate of drug-likeness (QED) is 0.419. The molecule has 1 aliphatic rings. The van der Waals surface area contributed by atoms with E-state index >= 15 is 0 Å². The summed E-state index contributed by atoms with van der Waals surface area (Å²) >= 11 is 2.80. The summed E-state index contributed by atoms with van der Waals surface area (Å²) in [6, 6.07) is 16.7. The third kappa shape index (κ3) is 5.07. The predicted molar refractivity (Wildman–Crippen MR) is 123 cm³/mol. The largest absolute Gasteiger partial charge is 0.497 e. The number of hydrogen-bond acceptors (Lipinski definition) is 8. The maximum Gasteiger partial charge on any atom is 0.231 e. The van der Waals surface area contributed by atoms with Gasteiger partial charge < -0.3 is 15.0 Å². The van der Waals surface area contributed by atoms with Crippen LogP contribution in [0, 0.1) is 17.2 Å². The van der Waals surface area contributed by atoms with E-state index in [0.717, 1.165) is 9.90 Å². The summed E-state index contributed by atoms with van der Waals surface area (Å²) in [5.74, 6) is 0.522. The third-order valence-corrected chi connectivity index (χ3v) is 6.99. The maximum atomic E-state index is 12.7. The normalized spacial score (nSPS) is 15.4. The lowest BCUT2D eigenvalue weighted by atomic mass is 10.1. The number of rotatable bonds is 7. The highest BCUT2D eigenvalue weighted by Gasteiger charge is 2.35.